The highest BCUT2D eigenvalue weighted by molar-refractivity contribution is 6.06. The summed E-state index contributed by atoms with van der Waals surface area (Å²) in [6.07, 6.45) is 6.15. The molecular formula is C17H18F2N2O3. The summed E-state index contributed by atoms with van der Waals surface area (Å²) in [5.74, 6) is -0.0358. The smallest absolute Gasteiger partial charge is 0.387 e. The molecule has 1 aromatic heterocycles. The number of nitrogens with zero attached hydrogens (tertiary/aromatic N) is 2. The van der Waals surface area contributed by atoms with Crippen LogP contribution in [-0.2, 0) is 6.54 Å². The molecule has 0 atom stereocenters. The number of hydrogen-bond acceptors (Lipinski definition) is 4. The van der Waals surface area contributed by atoms with Gasteiger partial charge in [0, 0.05) is 12.7 Å². The van der Waals surface area contributed by atoms with Gasteiger partial charge in [0.2, 0.25) is 0 Å². The fourth-order valence-electron chi connectivity index (χ4n) is 2.02. The molecule has 7 heteroatoms. The van der Waals surface area contributed by atoms with E-state index in [0.29, 0.717) is 24.3 Å². The van der Waals surface area contributed by atoms with E-state index < -0.39 is 6.61 Å². The van der Waals surface area contributed by atoms with E-state index in [2.05, 4.69) is 9.84 Å². The lowest BCUT2D eigenvalue weighted by Crippen LogP contribution is -2.04. The van der Waals surface area contributed by atoms with Crippen molar-refractivity contribution in [2.75, 3.05) is 6.61 Å². The SMILES string of the molecule is CCOc1cc(/C=C/C(=O)c2cnn(CC)c2)ccc1OC(F)F. The van der Waals surface area contributed by atoms with Gasteiger partial charge in [-0.15, -0.1) is 0 Å². The molecular weight excluding hydrogens is 318 g/mol. The minimum Gasteiger partial charge on any atom is -0.490 e. The zero-order chi connectivity index (χ0) is 17.5. The van der Waals surface area contributed by atoms with Crippen LogP contribution >= 0.6 is 0 Å². The van der Waals surface area contributed by atoms with Crippen LogP contribution in [0.5, 0.6) is 11.5 Å². The maximum Gasteiger partial charge on any atom is 0.387 e. The van der Waals surface area contributed by atoms with Crippen molar-refractivity contribution in [1.29, 1.82) is 0 Å². The van der Waals surface area contributed by atoms with E-state index in [0.717, 1.165) is 0 Å². The van der Waals surface area contributed by atoms with E-state index in [-0.39, 0.29) is 17.3 Å². The third kappa shape index (κ3) is 4.65. The van der Waals surface area contributed by atoms with Crippen molar-refractivity contribution in [3.8, 4) is 11.5 Å². The summed E-state index contributed by atoms with van der Waals surface area (Å²) in [5, 5.41) is 4.04. The Balaban J connectivity index is 2.16. The first kappa shape index (κ1) is 17.7. The van der Waals surface area contributed by atoms with E-state index in [9.17, 15) is 13.6 Å². The lowest BCUT2D eigenvalue weighted by molar-refractivity contribution is -0.0514. The average Bonchev–Trinajstić information content (AvgIpc) is 3.03. The molecule has 0 spiro atoms. The number of halogens is 2. The summed E-state index contributed by atoms with van der Waals surface area (Å²) in [6, 6.07) is 4.50. The number of ether oxygens (including phenoxy) is 2. The molecule has 0 unspecified atom stereocenters. The van der Waals surface area contributed by atoms with E-state index in [4.69, 9.17) is 4.74 Å². The Morgan fingerprint density at radius 1 is 1.33 bits per heavy atom. The van der Waals surface area contributed by atoms with E-state index in [1.807, 2.05) is 6.92 Å². The molecule has 2 rings (SSSR count). The van der Waals surface area contributed by atoms with Gasteiger partial charge in [0.15, 0.2) is 17.3 Å². The molecule has 0 bridgehead atoms. The second-order valence-electron chi connectivity index (χ2n) is 4.80. The highest BCUT2D eigenvalue weighted by atomic mass is 19.3. The van der Waals surface area contributed by atoms with E-state index in [1.54, 1.807) is 36.0 Å². The molecule has 0 saturated heterocycles. The minimum atomic E-state index is -2.93. The molecule has 0 amide bonds. The number of rotatable bonds is 8. The van der Waals surface area contributed by atoms with Crippen molar-refractivity contribution >= 4 is 11.9 Å². The van der Waals surface area contributed by atoms with Crippen LogP contribution in [0.3, 0.4) is 0 Å². The number of aryl methyl sites for hydroxylation is 1. The van der Waals surface area contributed by atoms with Gasteiger partial charge in [-0.3, -0.25) is 9.48 Å². The fourth-order valence-corrected chi connectivity index (χ4v) is 2.02. The summed E-state index contributed by atoms with van der Waals surface area (Å²) in [5.41, 5.74) is 1.12. The Hall–Kier alpha value is -2.70. The van der Waals surface area contributed by atoms with Gasteiger partial charge in [0.05, 0.1) is 18.4 Å². The lowest BCUT2D eigenvalue weighted by Gasteiger charge is -2.11. The number of carbonyl (C=O) groups is 1. The van der Waals surface area contributed by atoms with Gasteiger partial charge in [-0.05, 0) is 37.6 Å². The van der Waals surface area contributed by atoms with Gasteiger partial charge in [0.1, 0.15) is 0 Å². The molecule has 0 aliphatic heterocycles. The molecule has 1 heterocycles. The van der Waals surface area contributed by atoms with Gasteiger partial charge < -0.3 is 9.47 Å². The molecule has 2 aromatic rings. The van der Waals surface area contributed by atoms with Crippen molar-refractivity contribution in [3.05, 3.63) is 47.8 Å². The first-order valence-corrected chi connectivity index (χ1v) is 7.50. The Morgan fingerprint density at radius 3 is 2.75 bits per heavy atom. The molecule has 24 heavy (non-hydrogen) atoms. The minimum absolute atomic E-state index is 0.0421. The third-order valence-corrected chi connectivity index (χ3v) is 3.15. The van der Waals surface area contributed by atoms with Gasteiger partial charge in [-0.25, -0.2) is 0 Å². The predicted molar refractivity (Wildman–Crippen MR) is 85.5 cm³/mol. The number of alkyl halides is 2. The Morgan fingerprint density at radius 2 is 2.12 bits per heavy atom. The summed E-state index contributed by atoms with van der Waals surface area (Å²) < 4.78 is 36.1. The largest absolute Gasteiger partial charge is 0.490 e. The molecule has 5 nitrogen and oxygen atoms in total. The van der Waals surface area contributed by atoms with Gasteiger partial charge in [0.25, 0.3) is 0 Å². The zero-order valence-electron chi connectivity index (χ0n) is 13.4. The topological polar surface area (TPSA) is 53.3 Å². The fraction of sp³-hybridized carbons (Fsp3) is 0.294. The number of hydrogen-bond donors (Lipinski definition) is 0. The second-order valence-corrected chi connectivity index (χ2v) is 4.80. The summed E-state index contributed by atoms with van der Waals surface area (Å²) in [4.78, 5) is 12.1. The van der Waals surface area contributed by atoms with Crippen LogP contribution in [0.25, 0.3) is 6.08 Å². The van der Waals surface area contributed by atoms with E-state index >= 15 is 0 Å². The van der Waals surface area contributed by atoms with Gasteiger partial charge in [-0.1, -0.05) is 12.1 Å². The normalized spacial score (nSPS) is 11.2. The molecule has 0 aliphatic rings. The third-order valence-electron chi connectivity index (χ3n) is 3.15. The molecule has 1 aromatic carbocycles. The number of ketones is 1. The van der Waals surface area contributed by atoms with Crippen molar-refractivity contribution < 1.29 is 23.0 Å². The molecule has 0 aliphatic carbocycles. The highest BCUT2D eigenvalue weighted by Gasteiger charge is 2.11. The lowest BCUT2D eigenvalue weighted by atomic mass is 10.1. The average molecular weight is 336 g/mol. The number of benzene rings is 1. The molecule has 0 radical (unpaired) electrons. The summed E-state index contributed by atoms with van der Waals surface area (Å²) >= 11 is 0. The maximum absolute atomic E-state index is 12.4. The van der Waals surface area contributed by atoms with Crippen molar-refractivity contribution in [2.45, 2.75) is 27.0 Å². The van der Waals surface area contributed by atoms with Crippen molar-refractivity contribution in [2.24, 2.45) is 0 Å². The zero-order valence-corrected chi connectivity index (χ0v) is 13.4. The van der Waals surface area contributed by atoms with Crippen LogP contribution in [0.1, 0.15) is 29.8 Å². The van der Waals surface area contributed by atoms with Crippen LogP contribution in [0, 0.1) is 0 Å². The monoisotopic (exact) mass is 336 g/mol. The molecule has 0 N–H and O–H groups in total. The quantitative estimate of drug-likeness (QED) is 0.543. The molecule has 128 valence electrons. The van der Waals surface area contributed by atoms with Gasteiger partial charge in [-0.2, -0.15) is 13.9 Å². The second kappa shape index (κ2) is 8.24. The Kier molecular flexibility index (Phi) is 6.06. The van der Waals surface area contributed by atoms with Crippen LogP contribution in [-0.4, -0.2) is 28.8 Å². The molecule has 0 fully saturated rings. The van der Waals surface area contributed by atoms with Crippen LogP contribution < -0.4 is 9.47 Å². The maximum atomic E-state index is 12.4. The summed E-state index contributed by atoms with van der Waals surface area (Å²) in [7, 11) is 0. The van der Waals surface area contributed by atoms with Gasteiger partial charge >= 0.3 is 6.61 Å². The van der Waals surface area contributed by atoms with Crippen LogP contribution in [0.15, 0.2) is 36.7 Å². The number of carbonyl (C=O) groups excluding carboxylic acids is 1. The molecule has 0 saturated carbocycles. The van der Waals surface area contributed by atoms with E-state index in [1.165, 1.54) is 18.3 Å². The van der Waals surface area contributed by atoms with Crippen molar-refractivity contribution in [1.82, 2.24) is 9.78 Å². The van der Waals surface area contributed by atoms with Crippen LogP contribution in [0.4, 0.5) is 8.78 Å². The standard InChI is InChI=1S/C17H18F2N2O3/c1-3-21-11-13(10-20-21)14(22)7-5-12-6-8-15(24-17(18)19)16(9-12)23-4-2/h5-11,17H,3-4H2,1-2H3/b7-5+. The Bertz CT molecular complexity index is 726. The first-order chi connectivity index (χ1) is 11.5. The van der Waals surface area contributed by atoms with Crippen LogP contribution in [0.2, 0.25) is 0 Å². The van der Waals surface area contributed by atoms with Crippen molar-refractivity contribution in [3.63, 3.8) is 0 Å². The highest BCUT2D eigenvalue weighted by Crippen LogP contribution is 2.30. The first-order valence-electron chi connectivity index (χ1n) is 7.50. The Labute approximate surface area is 138 Å². The number of aromatic nitrogens is 2. The number of allylic oxidation sites excluding steroid dienone is 1. The summed E-state index contributed by atoms with van der Waals surface area (Å²) in [6.45, 7) is 1.73. The predicted octanol–water partition coefficient (Wildman–Crippen LogP) is 3.80.